The maximum absolute atomic E-state index is 12.5. The van der Waals surface area contributed by atoms with E-state index in [1.54, 1.807) is 20.1 Å². The standard InChI is InChI=1S/C22H30O4/c1-12(23)20-18(26-4)10-17-15-6-5-13-9-14(24)7-8-21(13,2)16(15)11-19(25)22(17,20)3/h5-6,9,15-20,25H,7-8,10-11H2,1-4H3/t15-,16-,17-,18-,19-,20+,21+,22-/m1/s1. The highest BCUT2D eigenvalue weighted by Crippen LogP contribution is 2.65. The maximum atomic E-state index is 12.5. The summed E-state index contributed by atoms with van der Waals surface area (Å²) in [6, 6.07) is 0. The molecule has 0 heterocycles. The van der Waals surface area contributed by atoms with Gasteiger partial charge in [-0.1, -0.05) is 26.0 Å². The molecule has 26 heavy (non-hydrogen) atoms. The number of rotatable bonds is 2. The van der Waals surface area contributed by atoms with E-state index in [4.69, 9.17) is 4.74 Å². The molecule has 4 aliphatic carbocycles. The first kappa shape index (κ1) is 18.1. The second-order valence-electron chi connectivity index (χ2n) is 9.35. The first-order chi connectivity index (χ1) is 12.2. The van der Waals surface area contributed by atoms with Crippen LogP contribution in [0, 0.1) is 34.5 Å². The average Bonchev–Trinajstić information content (AvgIpc) is 2.91. The van der Waals surface area contributed by atoms with Crippen LogP contribution in [0.4, 0.5) is 0 Å². The van der Waals surface area contributed by atoms with Crippen molar-refractivity contribution in [1.29, 1.82) is 0 Å². The molecule has 8 atom stereocenters. The third kappa shape index (κ3) is 2.21. The van der Waals surface area contributed by atoms with Crippen molar-refractivity contribution in [1.82, 2.24) is 0 Å². The number of ketones is 2. The normalized spacial score (nSPS) is 49.9. The van der Waals surface area contributed by atoms with Crippen molar-refractivity contribution < 1.29 is 19.4 Å². The molecule has 0 aromatic rings. The van der Waals surface area contributed by atoms with Gasteiger partial charge < -0.3 is 9.84 Å². The summed E-state index contributed by atoms with van der Waals surface area (Å²) in [5.74, 6) is 0.929. The number of allylic oxidation sites excluding steroid dienone is 4. The summed E-state index contributed by atoms with van der Waals surface area (Å²) in [4.78, 5) is 24.4. The lowest BCUT2D eigenvalue weighted by Gasteiger charge is -2.57. The zero-order valence-corrected chi connectivity index (χ0v) is 16.2. The second-order valence-corrected chi connectivity index (χ2v) is 9.35. The van der Waals surface area contributed by atoms with Crippen molar-refractivity contribution in [3.05, 3.63) is 23.8 Å². The number of methoxy groups -OCH3 is 1. The minimum absolute atomic E-state index is 0.0630. The van der Waals surface area contributed by atoms with Gasteiger partial charge in [-0.15, -0.1) is 0 Å². The Morgan fingerprint density at radius 2 is 2.00 bits per heavy atom. The van der Waals surface area contributed by atoms with E-state index in [-0.39, 0.29) is 34.9 Å². The van der Waals surface area contributed by atoms with Crippen LogP contribution in [0.1, 0.15) is 46.5 Å². The van der Waals surface area contributed by atoms with Gasteiger partial charge in [0.05, 0.1) is 18.1 Å². The Kier molecular flexibility index (Phi) is 4.09. The predicted octanol–water partition coefficient (Wildman–Crippen LogP) is 3.10. The van der Waals surface area contributed by atoms with Crippen LogP contribution in [0.2, 0.25) is 0 Å². The summed E-state index contributed by atoms with van der Waals surface area (Å²) < 4.78 is 5.70. The highest BCUT2D eigenvalue weighted by Gasteiger charge is 2.65. The average molecular weight is 358 g/mol. The van der Waals surface area contributed by atoms with E-state index in [0.717, 1.165) is 18.4 Å². The monoisotopic (exact) mass is 358 g/mol. The summed E-state index contributed by atoms with van der Waals surface area (Å²) in [7, 11) is 1.68. The van der Waals surface area contributed by atoms with Gasteiger partial charge in [-0.3, -0.25) is 9.59 Å². The molecule has 0 amide bonds. The van der Waals surface area contributed by atoms with Gasteiger partial charge in [0.25, 0.3) is 0 Å². The Hall–Kier alpha value is -1.26. The molecular weight excluding hydrogens is 328 g/mol. The van der Waals surface area contributed by atoms with Gasteiger partial charge in [-0.2, -0.15) is 0 Å². The number of hydrogen-bond acceptors (Lipinski definition) is 4. The smallest absolute Gasteiger partial charge is 0.156 e. The molecule has 0 aromatic heterocycles. The summed E-state index contributed by atoms with van der Waals surface area (Å²) >= 11 is 0. The largest absolute Gasteiger partial charge is 0.393 e. The van der Waals surface area contributed by atoms with Crippen LogP contribution in [0.25, 0.3) is 0 Å². The van der Waals surface area contributed by atoms with Gasteiger partial charge in [0.1, 0.15) is 5.78 Å². The van der Waals surface area contributed by atoms with E-state index >= 15 is 0 Å². The van der Waals surface area contributed by atoms with Crippen molar-refractivity contribution in [3.8, 4) is 0 Å². The van der Waals surface area contributed by atoms with Crippen molar-refractivity contribution in [2.24, 2.45) is 34.5 Å². The number of hydrogen-bond donors (Lipinski definition) is 1. The van der Waals surface area contributed by atoms with Crippen LogP contribution in [0.3, 0.4) is 0 Å². The number of Topliss-reactive ketones (excluding diaryl/α,β-unsaturated/α-hetero) is 1. The van der Waals surface area contributed by atoms with E-state index in [2.05, 4.69) is 26.0 Å². The molecule has 142 valence electrons. The Morgan fingerprint density at radius 1 is 1.27 bits per heavy atom. The zero-order valence-electron chi connectivity index (χ0n) is 16.2. The maximum Gasteiger partial charge on any atom is 0.156 e. The van der Waals surface area contributed by atoms with E-state index in [9.17, 15) is 14.7 Å². The van der Waals surface area contributed by atoms with Crippen molar-refractivity contribution in [2.45, 2.75) is 58.7 Å². The predicted molar refractivity (Wildman–Crippen MR) is 98.4 cm³/mol. The molecule has 0 radical (unpaired) electrons. The molecule has 2 saturated carbocycles. The molecular formula is C22H30O4. The van der Waals surface area contributed by atoms with Crippen LogP contribution < -0.4 is 0 Å². The van der Waals surface area contributed by atoms with Crippen LogP contribution in [0.15, 0.2) is 23.8 Å². The van der Waals surface area contributed by atoms with Crippen LogP contribution in [-0.4, -0.2) is 36.0 Å². The highest BCUT2D eigenvalue weighted by molar-refractivity contribution is 5.92. The van der Waals surface area contributed by atoms with Gasteiger partial charge in [-0.25, -0.2) is 0 Å². The fourth-order valence-electron chi connectivity index (χ4n) is 6.91. The third-order valence-electron chi connectivity index (χ3n) is 8.38. The number of carbonyl (C=O) groups excluding carboxylic acids is 2. The Balaban J connectivity index is 1.79. The number of carbonyl (C=O) groups is 2. The molecule has 4 heteroatoms. The Morgan fingerprint density at radius 3 is 2.65 bits per heavy atom. The third-order valence-corrected chi connectivity index (χ3v) is 8.38. The van der Waals surface area contributed by atoms with E-state index < -0.39 is 11.5 Å². The molecule has 4 rings (SSSR count). The molecule has 0 aliphatic heterocycles. The molecule has 1 N–H and O–H groups in total. The topological polar surface area (TPSA) is 63.6 Å². The second kappa shape index (κ2) is 5.87. The van der Waals surface area contributed by atoms with E-state index in [0.29, 0.717) is 24.7 Å². The molecule has 0 spiro atoms. The number of fused-ring (bicyclic) bond motifs is 5. The fourth-order valence-corrected chi connectivity index (χ4v) is 6.91. The molecule has 4 nitrogen and oxygen atoms in total. The summed E-state index contributed by atoms with van der Waals surface area (Å²) in [5, 5.41) is 11.2. The van der Waals surface area contributed by atoms with Gasteiger partial charge >= 0.3 is 0 Å². The minimum Gasteiger partial charge on any atom is -0.393 e. The molecule has 0 bridgehead atoms. The fraction of sp³-hybridized carbons (Fsp3) is 0.727. The lowest BCUT2D eigenvalue weighted by Crippen LogP contribution is -2.56. The number of aliphatic hydroxyl groups is 1. The molecule has 2 fully saturated rings. The van der Waals surface area contributed by atoms with Crippen molar-refractivity contribution in [3.63, 3.8) is 0 Å². The van der Waals surface area contributed by atoms with Crippen molar-refractivity contribution >= 4 is 11.6 Å². The summed E-state index contributed by atoms with van der Waals surface area (Å²) in [6.07, 6.45) is 8.49. The van der Waals surface area contributed by atoms with E-state index in [1.165, 1.54) is 0 Å². The SMILES string of the molecule is CO[C@@H]1C[C@@H]2[C@@H]3C=CC4=CC(=O)CC[C@]4(C)[C@@H]3C[C@@H](O)[C@]2(C)[C@H]1C(C)=O. The molecule has 0 aromatic carbocycles. The van der Waals surface area contributed by atoms with Crippen LogP contribution >= 0.6 is 0 Å². The minimum atomic E-state index is -0.523. The van der Waals surface area contributed by atoms with Crippen LogP contribution in [-0.2, 0) is 14.3 Å². The van der Waals surface area contributed by atoms with E-state index in [1.807, 2.05) is 0 Å². The molecule has 4 aliphatic rings. The number of ether oxygens (including phenoxy) is 1. The van der Waals surface area contributed by atoms with Crippen LogP contribution in [0.5, 0.6) is 0 Å². The quantitative estimate of drug-likeness (QED) is 0.824. The lowest BCUT2D eigenvalue weighted by atomic mass is 9.47. The zero-order chi connectivity index (χ0) is 18.9. The number of aliphatic hydroxyl groups excluding tert-OH is 1. The highest BCUT2D eigenvalue weighted by atomic mass is 16.5. The van der Waals surface area contributed by atoms with Gasteiger partial charge in [0, 0.05) is 18.9 Å². The summed E-state index contributed by atoms with van der Waals surface area (Å²) in [6.45, 7) is 5.98. The first-order valence-electron chi connectivity index (χ1n) is 9.88. The first-order valence-corrected chi connectivity index (χ1v) is 9.88. The Bertz CT molecular complexity index is 707. The summed E-state index contributed by atoms with van der Waals surface area (Å²) in [5.41, 5.74) is 0.613. The molecule has 0 unspecified atom stereocenters. The Labute approximate surface area is 155 Å². The van der Waals surface area contributed by atoms with Gasteiger partial charge in [0.2, 0.25) is 0 Å². The lowest BCUT2D eigenvalue weighted by molar-refractivity contribution is -0.145. The van der Waals surface area contributed by atoms with Crippen molar-refractivity contribution in [2.75, 3.05) is 7.11 Å². The molecule has 0 saturated heterocycles. The van der Waals surface area contributed by atoms with Gasteiger partial charge in [0.15, 0.2) is 5.78 Å². The van der Waals surface area contributed by atoms with Gasteiger partial charge in [-0.05, 0) is 61.0 Å².